The minimum absolute atomic E-state index is 0.220. The number of aromatic amines is 1. The van der Waals surface area contributed by atoms with Gasteiger partial charge in [-0.1, -0.05) is 17.7 Å². The minimum Gasteiger partial charge on any atom is -0.370 e. The number of anilines is 3. The molecule has 0 bridgehead atoms. The molecule has 7 heteroatoms. The Morgan fingerprint density at radius 1 is 1.00 bits per heavy atom. The van der Waals surface area contributed by atoms with Crippen molar-refractivity contribution in [3.05, 3.63) is 75.9 Å². The van der Waals surface area contributed by atoms with Crippen LogP contribution in [0.5, 0.6) is 0 Å². The van der Waals surface area contributed by atoms with Crippen LogP contribution in [0.3, 0.4) is 0 Å². The van der Waals surface area contributed by atoms with Crippen molar-refractivity contribution in [3.63, 3.8) is 0 Å². The molecule has 0 unspecified atom stereocenters. The third-order valence-electron chi connectivity index (χ3n) is 5.07. The Hall–Kier alpha value is -3.12. The molecule has 5 nitrogen and oxygen atoms in total. The molecule has 0 aliphatic heterocycles. The van der Waals surface area contributed by atoms with E-state index in [4.69, 9.17) is 11.6 Å². The molecule has 154 valence electrons. The smallest absolute Gasteiger partial charge is 0.147 e. The van der Waals surface area contributed by atoms with Crippen LogP contribution in [0.15, 0.2) is 42.5 Å². The van der Waals surface area contributed by atoms with Gasteiger partial charge in [-0.25, -0.2) is 14.4 Å². The van der Waals surface area contributed by atoms with E-state index in [1.165, 1.54) is 6.07 Å². The molecular weight excluding hydrogens is 401 g/mol. The highest BCUT2D eigenvalue weighted by atomic mass is 35.5. The fraction of sp³-hybridized carbons (Fsp3) is 0.217. The number of benzene rings is 2. The van der Waals surface area contributed by atoms with Crippen molar-refractivity contribution in [1.29, 1.82) is 0 Å². The van der Waals surface area contributed by atoms with E-state index < -0.39 is 0 Å². The van der Waals surface area contributed by atoms with Crippen LogP contribution >= 0.6 is 11.6 Å². The van der Waals surface area contributed by atoms with E-state index >= 15 is 0 Å². The molecule has 0 radical (unpaired) electrons. The zero-order chi connectivity index (χ0) is 21.3. The minimum atomic E-state index is -0.220. The molecule has 0 amide bonds. The van der Waals surface area contributed by atoms with Gasteiger partial charge in [-0.05, 0) is 68.7 Å². The molecule has 2 aromatic heterocycles. The van der Waals surface area contributed by atoms with E-state index in [1.807, 2.05) is 57.2 Å². The first-order chi connectivity index (χ1) is 14.4. The van der Waals surface area contributed by atoms with Crippen LogP contribution in [-0.2, 0) is 6.42 Å². The van der Waals surface area contributed by atoms with Crippen molar-refractivity contribution in [2.75, 3.05) is 17.2 Å². The Morgan fingerprint density at radius 2 is 1.73 bits per heavy atom. The van der Waals surface area contributed by atoms with Crippen molar-refractivity contribution < 1.29 is 4.39 Å². The molecule has 4 aromatic rings. The quantitative estimate of drug-likeness (QED) is 0.352. The first kappa shape index (κ1) is 20.2. The van der Waals surface area contributed by atoms with Gasteiger partial charge in [0.15, 0.2) is 0 Å². The lowest BCUT2D eigenvalue weighted by Gasteiger charge is -2.11. The van der Waals surface area contributed by atoms with E-state index in [0.717, 1.165) is 40.1 Å². The summed E-state index contributed by atoms with van der Waals surface area (Å²) in [6, 6.07) is 12.6. The van der Waals surface area contributed by atoms with E-state index in [2.05, 4.69) is 25.6 Å². The van der Waals surface area contributed by atoms with E-state index in [0.29, 0.717) is 28.7 Å². The topological polar surface area (TPSA) is 65.6 Å². The van der Waals surface area contributed by atoms with E-state index in [-0.39, 0.29) is 5.82 Å². The van der Waals surface area contributed by atoms with Crippen molar-refractivity contribution in [2.24, 2.45) is 0 Å². The van der Waals surface area contributed by atoms with Crippen LogP contribution in [0, 0.1) is 26.6 Å². The third-order valence-corrected chi connectivity index (χ3v) is 5.32. The maximum Gasteiger partial charge on any atom is 0.147 e. The molecule has 0 fully saturated rings. The molecule has 0 atom stereocenters. The summed E-state index contributed by atoms with van der Waals surface area (Å²) in [6.45, 7) is 6.51. The maximum absolute atomic E-state index is 14.2. The average Bonchev–Trinajstić information content (AvgIpc) is 3.04. The lowest BCUT2D eigenvalue weighted by Crippen LogP contribution is -2.09. The van der Waals surface area contributed by atoms with Gasteiger partial charge in [0.2, 0.25) is 0 Å². The second-order valence-electron chi connectivity index (χ2n) is 7.34. The number of rotatable bonds is 6. The molecule has 4 rings (SSSR count). The zero-order valence-electron chi connectivity index (χ0n) is 17.1. The van der Waals surface area contributed by atoms with Gasteiger partial charge in [0.1, 0.15) is 23.3 Å². The SMILES string of the molecule is Cc1nc(NCCc2c(C)[nH]c3c(F)ccc(C)c23)cc(Nc2ccc(Cl)cc2)n1. The Labute approximate surface area is 179 Å². The Kier molecular flexibility index (Phi) is 5.59. The monoisotopic (exact) mass is 423 g/mol. The number of fused-ring (bicyclic) bond motifs is 1. The Bertz CT molecular complexity index is 1200. The van der Waals surface area contributed by atoms with Gasteiger partial charge in [0.25, 0.3) is 0 Å². The largest absolute Gasteiger partial charge is 0.370 e. The summed E-state index contributed by atoms with van der Waals surface area (Å²) in [5, 5.41) is 8.29. The van der Waals surface area contributed by atoms with Crippen molar-refractivity contribution in [3.8, 4) is 0 Å². The lowest BCUT2D eigenvalue weighted by molar-refractivity contribution is 0.637. The maximum atomic E-state index is 14.2. The number of halogens is 2. The molecule has 2 aromatic carbocycles. The highest BCUT2D eigenvalue weighted by Crippen LogP contribution is 2.28. The van der Waals surface area contributed by atoms with Gasteiger partial charge in [-0.3, -0.25) is 0 Å². The number of nitrogens with zero attached hydrogens (tertiary/aromatic N) is 2. The van der Waals surface area contributed by atoms with E-state index in [1.54, 1.807) is 0 Å². The third kappa shape index (κ3) is 4.24. The van der Waals surface area contributed by atoms with Crippen molar-refractivity contribution >= 4 is 39.8 Å². The normalized spacial score (nSPS) is 11.1. The zero-order valence-corrected chi connectivity index (χ0v) is 17.9. The molecule has 30 heavy (non-hydrogen) atoms. The van der Waals surface area contributed by atoms with Gasteiger partial charge in [0.05, 0.1) is 5.52 Å². The second-order valence-corrected chi connectivity index (χ2v) is 7.77. The van der Waals surface area contributed by atoms with Crippen LogP contribution in [0.1, 0.15) is 22.6 Å². The summed E-state index contributed by atoms with van der Waals surface area (Å²) < 4.78 is 14.2. The first-order valence-electron chi connectivity index (χ1n) is 9.79. The molecule has 0 saturated heterocycles. The van der Waals surface area contributed by atoms with Crippen LogP contribution in [0.25, 0.3) is 10.9 Å². The number of hydrogen-bond acceptors (Lipinski definition) is 4. The second kappa shape index (κ2) is 8.32. The summed E-state index contributed by atoms with van der Waals surface area (Å²) in [4.78, 5) is 12.1. The summed E-state index contributed by atoms with van der Waals surface area (Å²) in [7, 11) is 0. The summed E-state index contributed by atoms with van der Waals surface area (Å²) >= 11 is 5.94. The van der Waals surface area contributed by atoms with Gasteiger partial charge in [0, 0.05) is 34.4 Å². The fourth-order valence-electron chi connectivity index (χ4n) is 3.67. The van der Waals surface area contributed by atoms with Crippen LogP contribution < -0.4 is 10.6 Å². The Balaban J connectivity index is 1.49. The number of H-pyrrole nitrogens is 1. The number of aromatic nitrogens is 3. The lowest BCUT2D eigenvalue weighted by atomic mass is 10.0. The summed E-state index contributed by atoms with van der Waals surface area (Å²) in [5.74, 6) is 1.88. The molecule has 0 saturated carbocycles. The van der Waals surface area contributed by atoms with Crippen LogP contribution in [-0.4, -0.2) is 21.5 Å². The van der Waals surface area contributed by atoms with Crippen LogP contribution in [0.2, 0.25) is 5.02 Å². The molecule has 0 aliphatic rings. The average molecular weight is 424 g/mol. The highest BCUT2D eigenvalue weighted by Gasteiger charge is 2.14. The predicted molar refractivity (Wildman–Crippen MR) is 121 cm³/mol. The summed E-state index contributed by atoms with van der Waals surface area (Å²) in [6.07, 6.45) is 0.749. The van der Waals surface area contributed by atoms with E-state index in [9.17, 15) is 4.39 Å². The van der Waals surface area contributed by atoms with Gasteiger partial charge in [-0.15, -0.1) is 0 Å². The van der Waals surface area contributed by atoms with Gasteiger partial charge >= 0.3 is 0 Å². The predicted octanol–water partition coefficient (Wildman–Crippen LogP) is 6.07. The van der Waals surface area contributed by atoms with Crippen molar-refractivity contribution in [2.45, 2.75) is 27.2 Å². The molecule has 0 spiro atoms. The highest BCUT2D eigenvalue weighted by molar-refractivity contribution is 6.30. The number of hydrogen-bond donors (Lipinski definition) is 3. The summed E-state index contributed by atoms with van der Waals surface area (Å²) in [5.41, 5.74) is 4.66. The Morgan fingerprint density at radius 3 is 2.50 bits per heavy atom. The van der Waals surface area contributed by atoms with Crippen molar-refractivity contribution in [1.82, 2.24) is 15.0 Å². The molecule has 0 aliphatic carbocycles. The van der Waals surface area contributed by atoms with Gasteiger partial charge in [-0.2, -0.15) is 0 Å². The van der Waals surface area contributed by atoms with Gasteiger partial charge < -0.3 is 15.6 Å². The standard InChI is InChI=1S/C23H23ClFN5/c1-13-4-9-19(25)23-22(13)18(14(2)27-23)10-11-26-20-12-21(29-15(3)28-20)30-17-7-5-16(24)6-8-17/h4-9,12,27H,10-11H2,1-3H3,(H2,26,28,29,30). The molecule has 2 heterocycles. The molecular formula is C23H23ClFN5. The number of aryl methyl sites for hydroxylation is 3. The van der Waals surface area contributed by atoms with Crippen LogP contribution in [0.4, 0.5) is 21.7 Å². The number of nitrogens with one attached hydrogen (secondary N) is 3. The first-order valence-corrected chi connectivity index (χ1v) is 10.2. The molecule has 3 N–H and O–H groups in total. The fourth-order valence-corrected chi connectivity index (χ4v) is 3.80.